The molecule has 1 atom stereocenters. The summed E-state index contributed by atoms with van der Waals surface area (Å²) in [5.74, 6) is -1.03. The third-order valence-corrected chi connectivity index (χ3v) is 6.80. The van der Waals surface area contributed by atoms with Crippen LogP contribution in [0.4, 0.5) is 5.69 Å². The first-order chi connectivity index (χ1) is 18.4. The van der Waals surface area contributed by atoms with Crippen molar-refractivity contribution in [3.8, 4) is 5.75 Å². The number of carbonyl (C=O) groups excluding carboxylic acids is 2. The molecule has 1 aliphatic rings. The predicted octanol–water partition coefficient (Wildman–Crippen LogP) is 4.83. The van der Waals surface area contributed by atoms with Crippen molar-refractivity contribution in [2.45, 2.75) is 18.9 Å². The number of hydrogen-bond donors (Lipinski definition) is 2. The van der Waals surface area contributed by atoms with E-state index in [0.717, 1.165) is 22.0 Å². The zero-order valence-corrected chi connectivity index (χ0v) is 20.6. The Morgan fingerprint density at radius 2 is 1.89 bits per heavy atom. The number of carbonyl (C=O) groups is 2. The number of aliphatic hydroxyl groups excluding tert-OH is 1. The van der Waals surface area contributed by atoms with Crippen molar-refractivity contribution in [1.82, 2.24) is 9.88 Å². The Kier molecular flexibility index (Phi) is 6.66. The van der Waals surface area contributed by atoms with Crippen molar-refractivity contribution in [3.05, 3.63) is 117 Å². The van der Waals surface area contributed by atoms with E-state index >= 15 is 0 Å². The molecule has 2 heterocycles. The van der Waals surface area contributed by atoms with Gasteiger partial charge in [0.1, 0.15) is 5.75 Å². The molecule has 0 aliphatic carbocycles. The minimum Gasteiger partial charge on any atom is -0.503 e. The van der Waals surface area contributed by atoms with E-state index < -0.39 is 28.4 Å². The molecule has 4 aromatic rings. The molecule has 9 heteroatoms. The molecule has 38 heavy (non-hydrogen) atoms. The lowest BCUT2D eigenvalue weighted by Crippen LogP contribution is -2.33. The van der Waals surface area contributed by atoms with E-state index in [4.69, 9.17) is 4.74 Å². The number of fused-ring (bicyclic) bond motifs is 1. The van der Waals surface area contributed by atoms with Crippen molar-refractivity contribution in [1.29, 1.82) is 0 Å². The molecule has 0 bridgehead atoms. The maximum atomic E-state index is 13.4. The van der Waals surface area contributed by atoms with E-state index in [1.807, 2.05) is 30.5 Å². The minimum atomic E-state index is -0.960. The highest BCUT2D eigenvalue weighted by Gasteiger charge is 2.43. The van der Waals surface area contributed by atoms with Gasteiger partial charge < -0.3 is 19.7 Å². The maximum Gasteiger partial charge on any atom is 0.290 e. The largest absolute Gasteiger partial charge is 0.503 e. The molecule has 2 N–H and O–H groups in total. The fourth-order valence-corrected chi connectivity index (χ4v) is 4.93. The van der Waals surface area contributed by atoms with Crippen LogP contribution in [-0.4, -0.2) is 45.3 Å². The number of ketones is 1. The fourth-order valence-electron chi connectivity index (χ4n) is 4.93. The highest BCUT2D eigenvalue weighted by Crippen LogP contribution is 2.39. The van der Waals surface area contributed by atoms with E-state index in [0.29, 0.717) is 17.7 Å². The molecule has 3 aromatic carbocycles. The number of aromatic amines is 1. The third-order valence-electron chi connectivity index (χ3n) is 6.80. The summed E-state index contributed by atoms with van der Waals surface area (Å²) in [7, 11) is 1.59. The molecular weight excluding hydrogens is 486 g/mol. The Bertz CT molecular complexity index is 1570. The summed E-state index contributed by atoms with van der Waals surface area (Å²) in [6.45, 7) is 0.169. The van der Waals surface area contributed by atoms with Crippen molar-refractivity contribution >= 4 is 28.3 Å². The first-order valence-electron chi connectivity index (χ1n) is 12.1. The van der Waals surface area contributed by atoms with Gasteiger partial charge in [0.15, 0.2) is 11.5 Å². The van der Waals surface area contributed by atoms with Crippen LogP contribution in [0, 0.1) is 10.1 Å². The smallest absolute Gasteiger partial charge is 0.290 e. The number of ether oxygens (including phenoxy) is 1. The molecule has 0 fully saturated rings. The molecule has 1 amide bonds. The lowest BCUT2D eigenvalue weighted by Gasteiger charge is -2.27. The fraction of sp³-hybridized carbons (Fsp3) is 0.172. The summed E-state index contributed by atoms with van der Waals surface area (Å²) in [4.78, 5) is 42.3. The van der Waals surface area contributed by atoms with Gasteiger partial charge in [0.2, 0.25) is 0 Å². The van der Waals surface area contributed by atoms with E-state index in [9.17, 15) is 24.8 Å². The van der Waals surface area contributed by atoms with Gasteiger partial charge in [-0.15, -0.1) is 0 Å². The molecule has 1 unspecified atom stereocenters. The highest BCUT2D eigenvalue weighted by atomic mass is 16.6. The van der Waals surface area contributed by atoms with Crippen LogP contribution < -0.4 is 4.74 Å². The van der Waals surface area contributed by atoms with Crippen molar-refractivity contribution < 1.29 is 24.4 Å². The summed E-state index contributed by atoms with van der Waals surface area (Å²) >= 11 is 0. The molecule has 0 saturated heterocycles. The van der Waals surface area contributed by atoms with E-state index in [2.05, 4.69) is 4.98 Å². The number of Topliss-reactive ketones (excluding diaryl/α,β-unsaturated/α-hetero) is 1. The zero-order chi connectivity index (χ0) is 26.8. The maximum absolute atomic E-state index is 13.4. The SMILES string of the molecule is COc1ccc2[nH]cc(CCN3C(=O)C(O)=C(C(=O)Cc4ccccc4)C3c3cccc([N+](=O)[O-])c3)c2c1. The van der Waals surface area contributed by atoms with Gasteiger partial charge in [0.05, 0.1) is 23.6 Å². The minimum absolute atomic E-state index is 0.0188. The molecule has 5 rings (SSSR count). The molecule has 0 spiro atoms. The van der Waals surface area contributed by atoms with Crippen LogP contribution >= 0.6 is 0 Å². The molecule has 192 valence electrons. The van der Waals surface area contributed by atoms with Gasteiger partial charge in [0.25, 0.3) is 11.6 Å². The number of nitrogens with one attached hydrogen (secondary N) is 1. The van der Waals surface area contributed by atoms with Crippen molar-refractivity contribution in [2.75, 3.05) is 13.7 Å². The number of nitrogens with zero attached hydrogens (tertiary/aromatic N) is 2. The number of methoxy groups -OCH3 is 1. The Balaban J connectivity index is 1.50. The second-order valence-corrected chi connectivity index (χ2v) is 9.08. The monoisotopic (exact) mass is 511 g/mol. The summed E-state index contributed by atoms with van der Waals surface area (Å²) < 4.78 is 5.34. The Morgan fingerprint density at radius 1 is 1.11 bits per heavy atom. The number of amides is 1. The Hall–Kier alpha value is -4.92. The standard InChI is InChI=1S/C29H25N3O6/c1-38-22-10-11-24-23(16-22)20(17-30-24)12-13-31-27(19-8-5-9-21(15-19)32(36)37)26(28(34)29(31)35)25(33)14-18-6-3-2-4-7-18/h2-11,15-17,27,30,34H,12-14H2,1H3. The summed E-state index contributed by atoms with van der Waals surface area (Å²) in [5, 5.41) is 23.3. The zero-order valence-electron chi connectivity index (χ0n) is 20.6. The number of H-pyrrole nitrogens is 1. The summed E-state index contributed by atoms with van der Waals surface area (Å²) in [5.41, 5.74) is 2.72. The van der Waals surface area contributed by atoms with Crippen LogP contribution in [0.5, 0.6) is 5.75 Å². The Morgan fingerprint density at radius 3 is 2.63 bits per heavy atom. The van der Waals surface area contributed by atoms with E-state index in [1.165, 1.54) is 23.1 Å². The average Bonchev–Trinajstić information content (AvgIpc) is 3.45. The van der Waals surface area contributed by atoms with Gasteiger partial charge in [-0.3, -0.25) is 19.7 Å². The summed E-state index contributed by atoms with van der Waals surface area (Å²) in [6.07, 6.45) is 2.24. The quantitative estimate of drug-likeness (QED) is 0.245. The second-order valence-electron chi connectivity index (χ2n) is 9.08. The van der Waals surface area contributed by atoms with Crippen LogP contribution in [0.25, 0.3) is 10.9 Å². The predicted molar refractivity (Wildman–Crippen MR) is 141 cm³/mol. The van der Waals surface area contributed by atoms with Gasteiger partial charge in [-0.25, -0.2) is 0 Å². The topological polar surface area (TPSA) is 126 Å². The molecular formula is C29H25N3O6. The number of aromatic nitrogens is 1. The Labute approximate surface area is 218 Å². The number of non-ortho nitro benzene ring substituents is 1. The van der Waals surface area contributed by atoms with Crippen LogP contribution in [0.1, 0.15) is 22.7 Å². The van der Waals surface area contributed by atoms with Crippen molar-refractivity contribution in [2.24, 2.45) is 0 Å². The lowest BCUT2D eigenvalue weighted by molar-refractivity contribution is -0.384. The third kappa shape index (κ3) is 4.61. The van der Waals surface area contributed by atoms with Gasteiger partial charge >= 0.3 is 0 Å². The molecule has 1 aromatic heterocycles. The summed E-state index contributed by atoms with van der Waals surface area (Å²) in [6, 6.07) is 19.5. The first kappa shape index (κ1) is 24.8. The van der Waals surface area contributed by atoms with Crippen LogP contribution in [0.15, 0.2) is 90.3 Å². The number of benzene rings is 3. The number of hydrogen-bond acceptors (Lipinski definition) is 6. The molecule has 9 nitrogen and oxygen atoms in total. The molecule has 0 radical (unpaired) electrons. The van der Waals surface area contributed by atoms with E-state index in [1.54, 1.807) is 37.4 Å². The van der Waals surface area contributed by atoms with Gasteiger partial charge in [0, 0.05) is 42.2 Å². The second kappa shape index (κ2) is 10.2. The van der Waals surface area contributed by atoms with Gasteiger partial charge in [-0.05, 0) is 41.3 Å². The molecule has 1 aliphatic heterocycles. The average molecular weight is 512 g/mol. The normalized spacial score (nSPS) is 15.3. The number of nitro benzene ring substituents is 1. The van der Waals surface area contributed by atoms with Gasteiger partial charge in [-0.2, -0.15) is 0 Å². The van der Waals surface area contributed by atoms with Crippen LogP contribution in [0.2, 0.25) is 0 Å². The van der Waals surface area contributed by atoms with E-state index in [-0.39, 0.29) is 24.2 Å². The number of nitro groups is 1. The number of rotatable bonds is 9. The molecule has 0 saturated carbocycles. The number of aliphatic hydroxyl groups is 1. The van der Waals surface area contributed by atoms with Gasteiger partial charge in [-0.1, -0.05) is 42.5 Å². The van der Waals surface area contributed by atoms with Crippen molar-refractivity contribution in [3.63, 3.8) is 0 Å². The lowest BCUT2D eigenvalue weighted by atomic mass is 9.92. The highest BCUT2D eigenvalue weighted by molar-refractivity contribution is 6.09. The first-order valence-corrected chi connectivity index (χ1v) is 12.1. The van der Waals surface area contributed by atoms with Crippen LogP contribution in [0.3, 0.4) is 0 Å². The van der Waals surface area contributed by atoms with Crippen LogP contribution in [-0.2, 0) is 22.4 Å².